The van der Waals surface area contributed by atoms with E-state index in [1.807, 2.05) is 31.2 Å². The predicted octanol–water partition coefficient (Wildman–Crippen LogP) is 2.14. The number of carbonyl (C=O) groups is 1. The molecule has 132 valence electrons. The smallest absolute Gasteiger partial charge is 0.329 e. The molecule has 26 heavy (non-hydrogen) atoms. The van der Waals surface area contributed by atoms with E-state index >= 15 is 0 Å². The van der Waals surface area contributed by atoms with Crippen molar-refractivity contribution in [2.45, 2.75) is 20.0 Å². The van der Waals surface area contributed by atoms with Gasteiger partial charge in [-0.1, -0.05) is 17.7 Å². The molecule has 0 N–H and O–H groups in total. The van der Waals surface area contributed by atoms with E-state index in [9.17, 15) is 14.0 Å². The Morgan fingerprint density at radius 3 is 2.42 bits per heavy atom. The van der Waals surface area contributed by atoms with Crippen molar-refractivity contribution in [3.8, 4) is 5.69 Å². The maximum atomic E-state index is 13.0. The summed E-state index contributed by atoms with van der Waals surface area (Å²) in [7, 11) is 0. The molecule has 0 saturated heterocycles. The number of aryl methyl sites for hydroxylation is 1. The molecule has 0 unspecified atom stereocenters. The van der Waals surface area contributed by atoms with E-state index < -0.39 is 0 Å². The zero-order valence-corrected chi connectivity index (χ0v) is 14.2. The lowest BCUT2D eigenvalue weighted by atomic mass is 10.2. The molecular formula is C19H17FN4O2. The van der Waals surface area contributed by atoms with Crippen molar-refractivity contribution in [1.29, 1.82) is 0 Å². The number of hydrogen-bond acceptors (Lipinski definition) is 3. The first-order valence-electron chi connectivity index (χ1n) is 8.33. The third-order valence-corrected chi connectivity index (χ3v) is 4.52. The first-order chi connectivity index (χ1) is 12.5. The van der Waals surface area contributed by atoms with Crippen molar-refractivity contribution in [2.24, 2.45) is 0 Å². The number of benzene rings is 2. The molecule has 0 aliphatic carbocycles. The van der Waals surface area contributed by atoms with E-state index in [1.54, 1.807) is 9.47 Å². The Bertz CT molecular complexity index is 1020. The van der Waals surface area contributed by atoms with Gasteiger partial charge < -0.3 is 4.90 Å². The lowest BCUT2D eigenvalue weighted by Crippen LogP contribution is -2.40. The molecule has 0 bridgehead atoms. The summed E-state index contributed by atoms with van der Waals surface area (Å²) >= 11 is 0. The van der Waals surface area contributed by atoms with Crippen LogP contribution in [-0.4, -0.2) is 31.7 Å². The first-order valence-corrected chi connectivity index (χ1v) is 8.33. The molecule has 0 fully saturated rings. The molecular weight excluding hydrogens is 335 g/mol. The zero-order chi connectivity index (χ0) is 18.3. The highest BCUT2D eigenvalue weighted by Crippen LogP contribution is 2.15. The van der Waals surface area contributed by atoms with Gasteiger partial charge in [-0.2, -0.15) is 4.68 Å². The molecule has 0 spiro atoms. The number of nitrogens with zero attached hydrogens (tertiary/aromatic N) is 4. The Morgan fingerprint density at radius 2 is 1.73 bits per heavy atom. The second kappa shape index (κ2) is 6.25. The quantitative estimate of drug-likeness (QED) is 0.710. The van der Waals surface area contributed by atoms with Crippen LogP contribution in [0.1, 0.15) is 21.7 Å². The molecule has 1 aromatic heterocycles. The highest BCUT2D eigenvalue weighted by atomic mass is 19.1. The summed E-state index contributed by atoms with van der Waals surface area (Å²) in [4.78, 5) is 26.8. The minimum absolute atomic E-state index is 0.200. The SMILES string of the molecule is Cc1ccc(-n2nc3n(c2=O)CCN(C(=O)c2ccc(F)cc2)C3)cc1. The summed E-state index contributed by atoms with van der Waals surface area (Å²) in [5.41, 5.74) is 2.00. The van der Waals surface area contributed by atoms with Gasteiger partial charge in [-0.3, -0.25) is 9.36 Å². The second-order valence-corrected chi connectivity index (χ2v) is 6.33. The van der Waals surface area contributed by atoms with E-state index in [-0.39, 0.29) is 24.0 Å². The average Bonchev–Trinajstić information content (AvgIpc) is 2.98. The number of amides is 1. The Balaban J connectivity index is 1.62. The molecule has 1 aliphatic heterocycles. The maximum absolute atomic E-state index is 13.0. The number of halogens is 1. The monoisotopic (exact) mass is 352 g/mol. The van der Waals surface area contributed by atoms with Crippen molar-refractivity contribution >= 4 is 5.91 Å². The van der Waals surface area contributed by atoms with E-state index in [4.69, 9.17) is 0 Å². The average molecular weight is 352 g/mol. The Labute approximate surface area is 149 Å². The van der Waals surface area contributed by atoms with Gasteiger partial charge in [0.2, 0.25) is 0 Å². The van der Waals surface area contributed by atoms with Crippen LogP contribution in [0.5, 0.6) is 0 Å². The van der Waals surface area contributed by atoms with Gasteiger partial charge in [-0.15, -0.1) is 5.10 Å². The highest BCUT2D eigenvalue weighted by Gasteiger charge is 2.26. The topological polar surface area (TPSA) is 60.1 Å². The standard InChI is InChI=1S/C19H17FN4O2/c1-13-2-8-16(9-3-13)24-19(26)23-11-10-22(12-17(23)21-24)18(25)14-4-6-15(20)7-5-14/h2-9H,10-12H2,1H3. The van der Waals surface area contributed by atoms with Gasteiger partial charge in [0.05, 0.1) is 12.2 Å². The number of hydrogen-bond donors (Lipinski definition) is 0. The van der Waals surface area contributed by atoms with Crippen LogP contribution in [0.2, 0.25) is 0 Å². The number of fused-ring (bicyclic) bond motifs is 1. The molecule has 7 heteroatoms. The summed E-state index contributed by atoms with van der Waals surface area (Å²) < 4.78 is 16.0. The molecule has 4 rings (SSSR count). The van der Waals surface area contributed by atoms with Crippen LogP contribution in [0.25, 0.3) is 5.69 Å². The van der Waals surface area contributed by atoms with Gasteiger partial charge in [-0.25, -0.2) is 9.18 Å². The van der Waals surface area contributed by atoms with Crippen LogP contribution in [-0.2, 0) is 13.1 Å². The van der Waals surface area contributed by atoms with Crippen LogP contribution in [0, 0.1) is 12.7 Å². The van der Waals surface area contributed by atoms with Crippen LogP contribution in [0.3, 0.4) is 0 Å². The summed E-state index contributed by atoms with van der Waals surface area (Å²) in [6.45, 7) is 3.00. The van der Waals surface area contributed by atoms with Crippen molar-refractivity contribution in [3.63, 3.8) is 0 Å². The van der Waals surface area contributed by atoms with Crippen molar-refractivity contribution in [1.82, 2.24) is 19.2 Å². The lowest BCUT2D eigenvalue weighted by Gasteiger charge is -2.26. The van der Waals surface area contributed by atoms with Gasteiger partial charge in [0.15, 0.2) is 5.82 Å². The highest BCUT2D eigenvalue weighted by molar-refractivity contribution is 5.94. The fourth-order valence-electron chi connectivity index (χ4n) is 3.05. The van der Waals surface area contributed by atoms with E-state index in [1.165, 1.54) is 28.9 Å². The minimum atomic E-state index is -0.383. The van der Waals surface area contributed by atoms with E-state index in [0.29, 0.717) is 30.2 Å². The largest absolute Gasteiger partial charge is 0.350 e. The van der Waals surface area contributed by atoms with Crippen LogP contribution >= 0.6 is 0 Å². The summed E-state index contributed by atoms with van der Waals surface area (Å²) in [5.74, 6) is -0.0447. The first kappa shape index (κ1) is 16.3. The molecule has 0 radical (unpaired) electrons. The molecule has 0 atom stereocenters. The molecule has 6 nitrogen and oxygen atoms in total. The normalized spacial score (nSPS) is 13.5. The molecule has 3 aromatic rings. The maximum Gasteiger partial charge on any atom is 0.350 e. The lowest BCUT2D eigenvalue weighted by molar-refractivity contribution is 0.0706. The fraction of sp³-hybridized carbons (Fsp3) is 0.211. The predicted molar refractivity (Wildman–Crippen MR) is 93.7 cm³/mol. The van der Waals surface area contributed by atoms with Crippen LogP contribution < -0.4 is 5.69 Å². The van der Waals surface area contributed by atoms with Crippen molar-refractivity contribution in [2.75, 3.05) is 6.54 Å². The summed E-state index contributed by atoms with van der Waals surface area (Å²) in [5, 5.41) is 4.40. The minimum Gasteiger partial charge on any atom is -0.329 e. The number of carbonyl (C=O) groups excluding carboxylic acids is 1. The molecule has 0 saturated carbocycles. The van der Waals surface area contributed by atoms with Crippen LogP contribution in [0.4, 0.5) is 4.39 Å². The number of rotatable bonds is 2. The van der Waals surface area contributed by atoms with Crippen molar-refractivity contribution < 1.29 is 9.18 Å². The van der Waals surface area contributed by atoms with E-state index in [2.05, 4.69) is 5.10 Å². The molecule has 1 amide bonds. The fourth-order valence-corrected chi connectivity index (χ4v) is 3.05. The zero-order valence-electron chi connectivity index (χ0n) is 14.2. The molecule has 2 aromatic carbocycles. The van der Waals surface area contributed by atoms with Crippen molar-refractivity contribution in [3.05, 3.63) is 81.8 Å². The summed E-state index contributed by atoms with van der Waals surface area (Å²) in [6.07, 6.45) is 0. The Hall–Kier alpha value is -3.22. The van der Waals surface area contributed by atoms with Crippen LogP contribution in [0.15, 0.2) is 53.3 Å². The second-order valence-electron chi connectivity index (χ2n) is 6.33. The Morgan fingerprint density at radius 1 is 1.04 bits per heavy atom. The van der Waals surface area contributed by atoms with Gasteiger partial charge in [0, 0.05) is 18.7 Å². The number of aromatic nitrogens is 3. The van der Waals surface area contributed by atoms with Gasteiger partial charge in [-0.05, 0) is 43.3 Å². The third-order valence-electron chi connectivity index (χ3n) is 4.52. The van der Waals surface area contributed by atoms with E-state index in [0.717, 1.165) is 5.56 Å². The Kier molecular flexibility index (Phi) is 3.91. The van der Waals surface area contributed by atoms with Gasteiger partial charge >= 0.3 is 5.69 Å². The molecule has 2 heterocycles. The van der Waals surface area contributed by atoms with Gasteiger partial charge in [0.1, 0.15) is 5.82 Å². The third kappa shape index (κ3) is 2.81. The molecule has 1 aliphatic rings. The van der Waals surface area contributed by atoms with Gasteiger partial charge in [0.25, 0.3) is 5.91 Å². The summed E-state index contributed by atoms with van der Waals surface area (Å²) in [6, 6.07) is 13.0.